The van der Waals surface area contributed by atoms with Crippen molar-refractivity contribution in [3.05, 3.63) is 35.9 Å². The Bertz CT molecular complexity index is 832. The summed E-state index contributed by atoms with van der Waals surface area (Å²) in [6.45, 7) is 5.39. The van der Waals surface area contributed by atoms with E-state index in [0.717, 1.165) is 29.7 Å². The van der Waals surface area contributed by atoms with E-state index in [1.807, 2.05) is 30.3 Å². The number of carbonyl (C=O) groups excluding carboxylic acids is 3. The third-order valence-electron chi connectivity index (χ3n) is 7.32. The van der Waals surface area contributed by atoms with Gasteiger partial charge in [0, 0.05) is 0 Å². The van der Waals surface area contributed by atoms with Crippen molar-refractivity contribution < 1.29 is 28.6 Å². The molecule has 1 atom stereocenters. The van der Waals surface area contributed by atoms with Crippen molar-refractivity contribution in [3.8, 4) is 0 Å². The molecule has 7 nitrogen and oxygen atoms in total. The van der Waals surface area contributed by atoms with E-state index < -0.39 is 29.8 Å². The zero-order chi connectivity index (χ0) is 23.6. The number of esters is 1. The van der Waals surface area contributed by atoms with Crippen LogP contribution in [0.5, 0.6) is 0 Å². The van der Waals surface area contributed by atoms with Gasteiger partial charge in [0.05, 0.1) is 6.61 Å². The summed E-state index contributed by atoms with van der Waals surface area (Å²) in [5.74, 6) is 0.735. The highest BCUT2D eigenvalue weighted by atomic mass is 16.6. The molecule has 33 heavy (non-hydrogen) atoms. The van der Waals surface area contributed by atoms with Crippen LogP contribution < -0.4 is 0 Å². The number of hydrogen-bond donors (Lipinski definition) is 0. The van der Waals surface area contributed by atoms with Gasteiger partial charge in [-0.15, -0.1) is 0 Å². The highest BCUT2D eigenvalue weighted by molar-refractivity contribution is 5.94. The number of amides is 2. The standard InChI is InChI=1S/C26H35NO6/c1-4-31-23(28)22(17(2)3)27(24(29)32-16-18-8-6-5-7-9-18)25(30)33-26-13-19-10-20(14-26)12-21(11-19)15-26/h5-9,17,19-22H,4,10-16H2,1-3H3/t19?,20?,21?,22-,26?/m0/s1. The molecule has 4 bridgehead atoms. The Morgan fingerprint density at radius 3 is 2.03 bits per heavy atom. The van der Waals surface area contributed by atoms with E-state index in [2.05, 4.69) is 0 Å². The molecular weight excluding hydrogens is 422 g/mol. The second kappa shape index (κ2) is 9.74. The van der Waals surface area contributed by atoms with Crippen LogP contribution in [0.2, 0.25) is 0 Å². The molecule has 0 spiro atoms. The van der Waals surface area contributed by atoms with Crippen molar-refractivity contribution in [1.29, 1.82) is 0 Å². The molecule has 4 aliphatic carbocycles. The number of benzene rings is 1. The highest BCUT2D eigenvalue weighted by Crippen LogP contribution is 2.57. The fourth-order valence-corrected chi connectivity index (χ4v) is 6.38. The first-order chi connectivity index (χ1) is 15.8. The summed E-state index contributed by atoms with van der Waals surface area (Å²) in [5, 5.41) is 0. The predicted octanol–water partition coefficient (Wildman–Crippen LogP) is 5.32. The van der Waals surface area contributed by atoms with Crippen LogP contribution in [-0.2, 0) is 25.6 Å². The fourth-order valence-electron chi connectivity index (χ4n) is 6.38. The van der Waals surface area contributed by atoms with Gasteiger partial charge < -0.3 is 14.2 Å². The summed E-state index contributed by atoms with van der Waals surface area (Å²) >= 11 is 0. The van der Waals surface area contributed by atoms with Gasteiger partial charge in [0.15, 0.2) is 0 Å². The molecule has 0 saturated heterocycles. The van der Waals surface area contributed by atoms with Gasteiger partial charge in [-0.2, -0.15) is 4.90 Å². The van der Waals surface area contributed by atoms with Gasteiger partial charge in [0.25, 0.3) is 0 Å². The van der Waals surface area contributed by atoms with Gasteiger partial charge in [-0.1, -0.05) is 44.2 Å². The number of nitrogens with zero attached hydrogens (tertiary/aromatic N) is 1. The Morgan fingerprint density at radius 2 is 1.52 bits per heavy atom. The van der Waals surface area contributed by atoms with Gasteiger partial charge >= 0.3 is 18.2 Å². The minimum Gasteiger partial charge on any atom is -0.464 e. The summed E-state index contributed by atoms with van der Waals surface area (Å²) in [5.41, 5.74) is 0.248. The highest BCUT2D eigenvalue weighted by Gasteiger charge is 2.54. The lowest BCUT2D eigenvalue weighted by Crippen LogP contribution is -2.57. The van der Waals surface area contributed by atoms with E-state index in [9.17, 15) is 14.4 Å². The Labute approximate surface area is 195 Å². The fraction of sp³-hybridized carbons (Fsp3) is 0.654. The Balaban J connectivity index is 1.55. The van der Waals surface area contributed by atoms with Crippen LogP contribution in [0.4, 0.5) is 9.59 Å². The van der Waals surface area contributed by atoms with Crippen LogP contribution in [0.25, 0.3) is 0 Å². The molecule has 0 aromatic heterocycles. The minimum atomic E-state index is -1.12. The van der Waals surface area contributed by atoms with Gasteiger partial charge in [-0.3, -0.25) is 0 Å². The summed E-state index contributed by atoms with van der Waals surface area (Å²) in [7, 11) is 0. The zero-order valence-electron chi connectivity index (χ0n) is 19.8. The van der Waals surface area contributed by atoms with Gasteiger partial charge in [0.1, 0.15) is 18.2 Å². The third-order valence-corrected chi connectivity index (χ3v) is 7.32. The maximum Gasteiger partial charge on any atom is 0.420 e. The third kappa shape index (κ3) is 5.17. The van der Waals surface area contributed by atoms with Crippen LogP contribution in [0, 0.1) is 23.7 Å². The summed E-state index contributed by atoms with van der Waals surface area (Å²) in [6.07, 6.45) is 4.43. The normalized spacial score (nSPS) is 28.3. The van der Waals surface area contributed by atoms with Crippen molar-refractivity contribution in [2.75, 3.05) is 6.61 Å². The van der Waals surface area contributed by atoms with Crippen molar-refractivity contribution in [2.45, 2.75) is 77.5 Å². The van der Waals surface area contributed by atoms with Crippen LogP contribution in [0.15, 0.2) is 30.3 Å². The number of carbonyl (C=O) groups is 3. The average molecular weight is 458 g/mol. The monoisotopic (exact) mass is 457 g/mol. The molecule has 0 unspecified atom stereocenters. The topological polar surface area (TPSA) is 82.1 Å². The summed E-state index contributed by atoms with van der Waals surface area (Å²) < 4.78 is 16.8. The van der Waals surface area contributed by atoms with Gasteiger partial charge in [0.2, 0.25) is 0 Å². The lowest BCUT2D eigenvalue weighted by atomic mass is 9.54. The van der Waals surface area contributed by atoms with Crippen LogP contribution >= 0.6 is 0 Å². The minimum absolute atomic E-state index is 0.00550. The van der Waals surface area contributed by atoms with E-state index in [-0.39, 0.29) is 19.1 Å². The number of imide groups is 1. The predicted molar refractivity (Wildman–Crippen MR) is 121 cm³/mol. The van der Waals surface area contributed by atoms with Crippen molar-refractivity contribution in [2.24, 2.45) is 23.7 Å². The van der Waals surface area contributed by atoms with Crippen LogP contribution in [-0.4, -0.2) is 41.3 Å². The molecule has 180 valence electrons. The van der Waals surface area contributed by atoms with E-state index in [4.69, 9.17) is 14.2 Å². The lowest BCUT2D eigenvalue weighted by molar-refractivity contribution is -0.154. The molecule has 1 aromatic rings. The van der Waals surface area contributed by atoms with Crippen LogP contribution in [0.1, 0.15) is 64.9 Å². The quantitative estimate of drug-likeness (QED) is 0.407. The maximum absolute atomic E-state index is 13.5. The second-order valence-electron chi connectivity index (χ2n) is 10.3. The Hall–Kier alpha value is -2.57. The van der Waals surface area contributed by atoms with E-state index in [1.165, 1.54) is 19.3 Å². The van der Waals surface area contributed by atoms with E-state index in [0.29, 0.717) is 17.8 Å². The average Bonchev–Trinajstić information content (AvgIpc) is 2.74. The maximum atomic E-state index is 13.5. The summed E-state index contributed by atoms with van der Waals surface area (Å²) in [6, 6.07) is 8.11. The first-order valence-corrected chi connectivity index (χ1v) is 12.2. The number of hydrogen-bond acceptors (Lipinski definition) is 6. The molecule has 4 saturated carbocycles. The molecule has 0 radical (unpaired) electrons. The van der Waals surface area contributed by atoms with Crippen molar-refractivity contribution in [3.63, 3.8) is 0 Å². The van der Waals surface area contributed by atoms with Crippen molar-refractivity contribution in [1.82, 2.24) is 4.90 Å². The molecule has 4 fully saturated rings. The molecular formula is C26H35NO6. The van der Waals surface area contributed by atoms with Gasteiger partial charge in [-0.25, -0.2) is 14.4 Å². The van der Waals surface area contributed by atoms with Crippen LogP contribution in [0.3, 0.4) is 0 Å². The smallest absolute Gasteiger partial charge is 0.420 e. The molecule has 5 rings (SSSR count). The molecule has 2 amide bonds. The molecule has 0 heterocycles. The molecule has 4 aliphatic rings. The molecule has 1 aromatic carbocycles. The Kier molecular flexibility index (Phi) is 6.96. The number of rotatable bonds is 7. The summed E-state index contributed by atoms with van der Waals surface area (Å²) in [4.78, 5) is 40.4. The molecule has 7 heteroatoms. The van der Waals surface area contributed by atoms with E-state index in [1.54, 1.807) is 20.8 Å². The first-order valence-electron chi connectivity index (χ1n) is 12.2. The largest absolute Gasteiger partial charge is 0.464 e. The molecule has 0 N–H and O–H groups in total. The van der Waals surface area contributed by atoms with Gasteiger partial charge in [-0.05, 0) is 74.7 Å². The zero-order valence-corrected chi connectivity index (χ0v) is 19.8. The number of ether oxygens (including phenoxy) is 3. The van der Waals surface area contributed by atoms with E-state index >= 15 is 0 Å². The van der Waals surface area contributed by atoms with Crippen molar-refractivity contribution >= 4 is 18.2 Å². The second-order valence-corrected chi connectivity index (χ2v) is 10.3. The Morgan fingerprint density at radius 1 is 0.939 bits per heavy atom. The SMILES string of the molecule is CCOC(=O)[C@H](C(C)C)N(C(=O)OCc1ccccc1)C(=O)OC12CC3CC(CC(C3)C1)C2. The molecule has 0 aliphatic heterocycles. The first kappa shape index (κ1) is 23.6. The lowest BCUT2D eigenvalue weighted by Gasteiger charge is -2.55.